The Hall–Kier alpha value is -1.65. The summed E-state index contributed by atoms with van der Waals surface area (Å²) in [6, 6.07) is 2.39. The van der Waals surface area contributed by atoms with Gasteiger partial charge in [0.2, 0.25) is 0 Å². The van der Waals surface area contributed by atoms with Gasteiger partial charge in [0.1, 0.15) is 16.9 Å². The van der Waals surface area contributed by atoms with Crippen LogP contribution in [0.5, 0.6) is 0 Å². The van der Waals surface area contributed by atoms with Crippen LogP contribution in [-0.4, -0.2) is 23.8 Å². The van der Waals surface area contributed by atoms with Gasteiger partial charge in [0.25, 0.3) is 0 Å². The first-order chi connectivity index (χ1) is 10.8. The molecule has 4 heteroatoms. The summed E-state index contributed by atoms with van der Waals surface area (Å²) in [7, 11) is 0. The monoisotopic (exact) mass is 311 g/mol. The summed E-state index contributed by atoms with van der Waals surface area (Å²) in [5, 5.41) is 10.4. The number of piperidine rings is 1. The molecule has 0 aromatic carbocycles. The zero-order chi connectivity index (χ0) is 15.4. The summed E-state index contributed by atoms with van der Waals surface area (Å²) >= 11 is 1.53. The Balaban J connectivity index is 2.07. The third kappa shape index (κ3) is 2.94. The van der Waals surface area contributed by atoms with E-state index >= 15 is 0 Å². The fourth-order valence-corrected chi connectivity index (χ4v) is 4.16. The average Bonchev–Trinajstić information content (AvgIpc) is 2.59. The fourth-order valence-electron chi connectivity index (χ4n) is 3.47. The van der Waals surface area contributed by atoms with Crippen molar-refractivity contribution in [3.63, 3.8) is 0 Å². The van der Waals surface area contributed by atoms with Crippen molar-refractivity contribution in [1.82, 2.24) is 4.98 Å². The SMILES string of the molecule is C#CCSc1nc(N2CCCCC2)c2c(c1C#N)CCCC2. The van der Waals surface area contributed by atoms with Crippen molar-refractivity contribution in [3.8, 4) is 18.4 Å². The Morgan fingerprint density at radius 3 is 2.50 bits per heavy atom. The molecule has 114 valence electrons. The van der Waals surface area contributed by atoms with Crippen molar-refractivity contribution in [2.24, 2.45) is 0 Å². The van der Waals surface area contributed by atoms with Gasteiger partial charge in [0.15, 0.2) is 0 Å². The van der Waals surface area contributed by atoms with Crippen LogP contribution < -0.4 is 4.90 Å². The van der Waals surface area contributed by atoms with Gasteiger partial charge in [0, 0.05) is 13.1 Å². The number of aromatic nitrogens is 1. The number of nitriles is 1. The van der Waals surface area contributed by atoms with Gasteiger partial charge in [-0.2, -0.15) is 5.26 Å². The third-order valence-electron chi connectivity index (χ3n) is 4.52. The molecule has 0 unspecified atom stereocenters. The van der Waals surface area contributed by atoms with E-state index in [0.29, 0.717) is 5.75 Å². The van der Waals surface area contributed by atoms with Gasteiger partial charge in [-0.15, -0.1) is 6.42 Å². The Morgan fingerprint density at radius 1 is 1.09 bits per heavy atom. The number of hydrogen-bond donors (Lipinski definition) is 0. The first-order valence-electron chi connectivity index (χ1n) is 8.12. The number of fused-ring (bicyclic) bond motifs is 1. The van der Waals surface area contributed by atoms with Crippen LogP contribution in [0.25, 0.3) is 0 Å². The quantitative estimate of drug-likeness (QED) is 0.632. The molecule has 1 fully saturated rings. The van der Waals surface area contributed by atoms with E-state index in [9.17, 15) is 5.26 Å². The highest BCUT2D eigenvalue weighted by Gasteiger charge is 2.25. The minimum Gasteiger partial charge on any atom is -0.356 e. The Bertz CT molecular complexity index is 633. The number of pyridine rings is 1. The van der Waals surface area contributed by atoms with E-state index < -0.39 is 0 Å². The van der Waals surface area contributed by atoms with Crippen LogP contribution >= 0.6 is 11.8 Å². The van der Waals surface area contributed by atoms with Crippen LogP contribution in [0.15, 0.2) is 5.03 Å². The molecule has 0 amide bonds. The molecule has 0 spiro atoms. The van der Waals surface area contributed by atoms with Crippen molar-refractivity contribution < 1.29 is 0 Å². The summed E-state index contributed by atoms with van der Waals surface area (Å²) in [5.41, 5.74) is 3.34. The Morgan fingerprint density at radius 2 is 1.82 bits per heavy atom. The van der Waals surface area contributed by atoms with Crippen molar-refractivity contribution >= 4 is 17.6 Å². The minimum absolute atomic E-state index is 0.569. The number of hydrogen-bond acceptors (Lipinski definition) is 4. The van der Waals surface area contributed by atoms with Crippen molar-refractivity contribution in [2.75, 3.05) is 23.7 Å². The summed E-state index contributed by atoms with van der Waals surface area (Å²) < 4.78 is 0. The first-order valence-corrected chi connectivity index (χ1v) is 9.10. The second kappa shape index (κ2) is 7.07. The molecule has 3 nitrogen and oxygen atoms in total. The smallest absolute Gasteiger partial charge is 0.133 e. The molecule has 0 N–H and O–H groups in total. The highest BCUT2D eigenvalue weighted by atomic mass is 32.2. The van der Waals surface area contributed by atoms with E-state index in [1.165, 1.54) is 55.0 Å². The number of rotatable bonds is 3. The molecule has 3 rings (SSSR count). The Kier molecular flexibility index (Phi) is 4.90. The number of thioether (sulfide) groups is 1. The lowest BCUT2D eigenvalue weighted by atomic mass is 9.89. The van der Waals surface area contributed by atoms with Gasteiger partial charge in [-0.25, -0.2) is 4.98 Å². The van der Waals surface area contributed by atoms with E-state index in [1.807, 2.05) is 0 Å². The van der Waals surface area contributed by atoms with Gasteiger partial charge >= 0.3 is 0 Å². The number of terminal acetylenes is 1. The lowest BCUT2D eigenvalue weighted by molar-refractivity contribution is 0.565. The molecule has 1 aliphatic heterocycles. The molecular formula is C18H21N3S. The largest absolute Gasteiger partial charge is 0.356 e. The van der Waals surface area contributed by atoms with E-state index in [4.69, 9.17) is 11.4 Å². The van der Waals surface area contributed by atoms with Crippen LogP contribution in [0.2, 0.25) is 0 Å². The van der Waals surface area contributed by atoms with Crippen LogP contribution in [0.1, 0.15) is 48.8 Å². The molecule has 1 aromatic heterocycles. The van der Waals surface area contributed by atoms with Gasteiger partial charge in [0.05, 0.1) is 11.3 Å². The molecule has 22 heavy (non-hydrogen) atoms. The third-order valence-corrected chi connectivity index (χ3v) is 5.40. The van der Waals surface area contributed by atoms with Crippen LogP contribution in [0.4, 0.5) is 5.82 Å². The molecule has 0 radical (unpaired) electrons. The van der Waals surface area contributed by atoms with Crippen molar-refractivity contribution in [2.45, 2.75) is 50.0 Å². The maximum absolute atomic E-state index is 9.61. The van der Waals surface area contributed by atoms with Crippen LogP contribution in [0, 0.1) is 23.7 Å². The average molecular weight is 311 g/mol. The standard InChI is InChI=1S/C18H21N3S/c1-2-12-22-18-16(13-19)14-8-4-5-9-15(14)17(20-18)21-10-6-3-7-11-21/h1H,3-12H2. The van der Waals surface area contributed by atoms with Crippen molar-refractivity contribution in [1.29, 1.82) is 5.26 Å². The highest BCUT2D eigenvalue weighted by Crippen LogP contribution is 2.36. The molecular weight excluding hydrogens is 290 g/mol. The summed E-state index contributed by atoms with van der Waals surface area (Å²) in [5.74, 6) is 4.35. The molecule has 2 aliphatic rings. The van der Waals surface area contributed by atoms with Crippen LogP contribution in [-0.2, 0) is 12.8 Å². The maximum Gasteiger partial charge on any atom is 0.133 e. The number of anilines is 1. The second-order valence-corrected chi connectivity index (χ2v) is 6.90. The molecule has 1 aromatic rings. The van der Waals surface area contributed by atoms with Gasteiger partial charge in [-0.3, -0.25) is 0 Å². The predicted octanol–water partition coefficient (Wildman–Crippen LogP) is 3.55. The predicted molar refractivity (Wildman–Crippen MR) is 91.2 cm³/mol. The van der Waals surface area contributed by atoms with E-state index in [-0.39, 0.29) is 0 Å². The summed E-state index contributed by atoms with van der Waals surface area (Å²) in [6.45, 7) is 2.18. The topological polar surface area (TPSA) is 39.9 Å². The molecule has 2 heterocycles. The van der Waals surface area contributed by atoms with Gasteiger partial charge in [-0.05, 0) is 56.1 Å². The van der Waals surface area contributed by atoms with Gasteiger partial charge < -0.3 is 4.90 Å². The lowest BCUT2D eigenvalue weighted by Crippen LogP contribution is -2.32. The van der Waals surface area contributed by atoms with Crippen LogP contribution in [0.3, 0.4) is 0 Å². The molecule has 0 saturated carbocycles. The number of nitrogens with zero attached hydrogens (tertiary/aromatic N) is 3. The second-order valence-electron chi connectivity index (χ2n) is 5.93. The maximum atomic E-state index is 9.61. The fraction of sp³-hybridized carbons (Fsp3) is 0.556. The summed E-state index contributed by atoms with van der Waals surface area (Å²) in [6.07, 6.45) is 13.6. The first kappa shape index (κ1) is 15.3. The Labute approximate surface area is 137 Å². The van der Waals surface area contributed by atoms with E-state index in [0.717, 1.165) is 42.3 Å². The molecule has 0 atom stereocenters. The zero-order valence-corrected chi connectivity index (χ0v) is 13.7. The normalized spacial score (nSPS) is 17.5. The highest BCUT2D eigenvalue weighted by molar-refractivity contribution is 7.99. The molecule has 1 aliphatic carbocycles. The van der Waals surface area contributed by atoms with E-state index in [1.54, 1.807) is 0 Å². The lowest BCUT2D eigenvalue weighted by Gasteiger charge is -2.32. The molecule has 0 bridgehead atoms. The molecule has 1 saturated heterocycles. The minimum atomic E-state index is 0.569. The van der Waals surface area contributed by atoms with Crippen molar-refractivity contribution in [3.05, 3.63) is 16.7 Å². The zero-order valence-electron chi connectivity index (χ0n) is 12.9. The summed E-state index contributed by atoms with van der Waals surface area (Å²) in [4.78, 5) is 7.31. The van der Waals surface area contributed by atoms with E-state index in [2.05, 4.69) is 16.9 Å². The van der Waals surface area contributed by atoms with Gasteiger partial charge in [-0.1, -0.05) is 17.7 Å².